The van der Waals surface area contributed by atoms with Crippen molar-refractivity contribution in [2.75, 3.05) is 11.1 Å². The molecule has 0 fully saturated rings. The summed E-state index contributed by atoms with van der Waals surface area (Å²) < 4.78 is 0. The Morgan fingerprint density at radius 3 is 2.20 bits per heavy atom. The fourth-order valence-electron chi connectivity index (χ4n) is 2.35. The van der Waals surface area contributed by atoms with Crippen molar-refractivity contribution >= 4 is 17.4 Å². The van der Waals surface area contributed by atoms with Crippen molar-refractivity contribution in [3.63, 3.8) is 0 Å². The van der Waals surface area contributed by atoms with E-state index in [0.29, 0.717) is 17.1 Å². The highest BCUT2D eigenvalue weighted by Gasteiger charge is 2.13. The molecule has 1 aromatic heterocycles. The number of rotatable bonds is 2. The molecular formula is C16H19N3O. The minimum absolute atomic E-state index is 0.142. The van der Waals surface area contributed by atoms with E-state index in [1.807, 2.05) is 39.8 Å². The number of amides is 1. The number of hydrogen-bond donors (Lipinski definition) is 2. The standard InChI is InChI=1S/C16H19N3O/c1-9-5-11(3)15(12(4)6-9)16(20)19-14-7-10(2)13(17)8-18-14/h5-8H,17H2,1-4H3,(H,18,19,20). The van der Waals surface area contributed by atoms with E-state index >= 15 is 0 Å². The molecule has 2 aromatic rings. The molecule has 1 heterocycles. The zero-order valence-corrected chi connectivity index (χ0v) is 12.2. The molecule has 0 atom stereocenters. The average Bonchev–Trinajstić information content (AvgIpc) is 2.32. The lowest BCUT2D eigenvalue weighted by Gasteiger charge is -2.12. The Balaban J connectivity index is 2.31. The normalized spacial score (nSPS) is 10.4. The number of carbonyl (C=O) groups excluding carboxylic acids is 1. The first-order valence-electron chi connectivity index (χ1n) is 6.50. The molecule has 0 spiro atoms. The van der Waals surface area contributed by atoms with E-state index in [0.717, 1.165) is 22.3 Å². The third kappa shape index (κ3) is 2.79. The Bertz CT molecular complexity index is 654. The third-order valence-electron chi connectivity index (χ3n) is 3.30. The summed E-state index contributed by atoms with van der Waals surface area (Å²) in [6, 6.07) is 5.78. The molecular weight excluding hydrogens is 250 g/mol. The van der Waals surface area contributed by atoms with Crippen LogP contribution in [-0.4, -0.2) is 10.9 Å². The molecule has 0 radical (unpaired) electrons. The number of nitrogen functional groups attached to an aromatic ring is 1. The Hall–Kier alpha value is -2.36. The van der Waals surface area contributed by atoms with Gasteiger partial charge in [0.15, 0.2) is 0 Å². The number of benzene rings is 1. The number of carbonyl (C=O) groups is 1. The largest absolute Gasteiger partial charge is 0.397 e. The number of anilines is 2. The molecule has 0 aliphatic carbocycles. The van der Waals surface area contributed by atoms with Gasteiger partial charge in [-0.1, -0.05) is 17.7 Å². The number of nitrogens with one attached hydrogen (secondary N) is 1. The number of aryl methyl sites for hydroxylation is 4. The summed E-state index contributed by atoms with van der Waals surface area (Å²) in [5.74, 6) is 0.373. The van der Waals surface area contributed by atoms with Crippen molar-refractivity contribution in [1.82, 2.24) is 4.98 Å². The van der Waals surface area contributed by atoms with Gasteiger partial charge >= 0.3 is 0 Å². The summed E-state index contributed by atoms with van der Waals surface area (Å²) in [5.41, 5.74) is 11.0. The van der Waals surface area contributed by atoms with E-state index in [4.69, 9.17) is 5.73 Å². The van der Waals surface area contributed by atoms with E-state index in [1.54, 1.807) is 12.3 Å². The van der Waals surface area contributed by atoms with Crippen LogP contribution in [0, 0.1) is 27.7 Å². The minimum atomic E-state index is -0.142. The quantitative estimate of drug-likeness (QED) is 0.880. The van der Waals surface area contributed by atoms with E-state index in [1.165, 1.54) is 0 Å². The van der Waals surface area contributed by atoms with Crippen LogP contribution in [0.25, 0.3) is 0 Å². The molecule has 104 valence electrons. The fraction of sp³-hybridized carbons (Fsp3) is 0.250. The van der Waals surface area contributed by atoms with Gasteiger partial charge in [-0.2, -0.15) is 0 Å². The van der Waals surface area contributed by atoms with Crippen molar-refractivity contribution in [3.05, 3.63) is 52.2 Å². The Morgan fingerprint density at radius 2 is 1.65 bits per heavy atom. The smallest absolute Gasteiger partial charge is 0.257 e. The Morgan fingerprint density at radius 1 is 1.05 bits per heavy atom. The molecule has 3 N–H and O–H groups in total. The van der Waals surface area contributed by atoms with Gasteiger partial charge in [-0.3, -0.25) is 4.79 Å². The maximum atomic E-state index is 12.4. The highest BCUT2D eigenvalue weighted by molar-refractivity contribution is 6.06. The van der Waals surface area contributed by atoms with Gasteiger partial charge in [0.05, 0.1) is 11.9 Å². The SMILES string of the molecule is Cc1cc(C)c(C(=O)Nc2cc(C)c(N)cn2)c(C)c1. The van der Waals surface area contributed by atoms with Crippen LogP contribution in [-0.2, 0) is 0 Å². The van der Waals surface area contributed by atoms with E-state index in [2.05, 4.69) is 10.3 Å². The summed E-state index contributed by atoms with van der Waals surface area (Å²) in [7, 11) is 0. The van der Waals surface area contributed by atoms with Gasteiger partial charge in [-0.05, 0) is 50.5 Å². The van der Waals surface area contributed by atoms with Gasteiger partial charge in [-0.25, -0.2) is 4.98 Å². The van der Waals surface area contributed by atoms with Crippen molar-refractivity contribution < 1.29 is 4.79 Å². The number of aromatic nitrogens is 1. The van der Waals surface area contributed by atoms with E-state index < -0.39 is 0 Å². The summed E-state index contributed by atoms with van der Waals surface area (Å²) in [6.45, 7) is 7.79. The number of nitrogens with two attached hydrogens (primary N) is 1. The number of nitrogens with zero attached hydrogens (tertiary/aromatic N) is 1. The summed E-state index contributed by atoms with van der Waals surface area (Å²) in [4.78, 5) is 16.5. The van der Waals surface area contributed by atoms with Crippen molar-refractivity contribution in [3.8, 4) is 0 Å². The van der Waals surface area contributed by atoms with Gasteiger partial charge in [-0.15, -0.1) is 0 Å². The highest BCUT2D eigenvalue weighted by Crippen LogP contribution is 2.19. The zero-order chi connectivity index (χ0) is 14.9. The van der Waals surface area contributed by atoms with Crippen molar-refractivity contribution in [2.45, 2.75) is 27.7 Å². The van der Waals surface area contributed by atoms with Crippen LogP contribution < -0.4 is 11.1 Å². The monoisotopic (exact) mass is 269 g/mol. The predicted molar refractivity (Wildman–Crippen MR) is 82.0 cm³/mol. The van der Waals surface area contributed by atoms with E-state index in [-0.39, 0.29) is 5.91 Å². The van der Waals surface area contributed by atoms with Crippen molar-refractivity contribution in [1.29, 1.82) is 0 Å². The molecule has 4 nitrogen and oxygen atoms in total. The van der Waals surface area contributed by atoms with Crippen LogP contribution in [0.5, 0.6) is 0 Å². The summed E-state index contributed by atoms with van der Waals surface area (Å²) in [5, 5.41) is 2.82. The topological polar surface area (TPSA) is 68.0 Å². The summed E-state index contributed by atoms with van der Waals surface area (Å²) in [6.07, 6.45) is 1.56. The van der Waals surface area contributed by atoms with Gasteiger partial charge in [0.25, 0.3) is 5.91 Å². The molecule has 4 heteroatoms. The lowest BCUT2D eigenvalue weighted by atomic mass is 9.99. The lowest BCUT2D eigenvalue weighted by molar-refractivity contribution is 0.102. The number of hydrogen-bond acceptors (Lipinski definition) is 3. The molecule has 0 aliphatic rings. The molecule has 0 unspecified atom stereocenters. The second-order valence-corrected chi connectivity index (χ2v) is 5.15. The number of pyridine rings is 1. The first kappa shape index (κ1) is 14.1. The highest BCUT2D eigenvalue weighted by atomic mass is 16.1. The Labute approximate surface area is 119 Å². The fourth-order valence-corrected chi connectivity index (χ4v) is 2.35. The second kappa shape index (κ2) is 5.33. The van der Waals surface area contributed by atoms with E-state index in [9.17, 15) is 4.79 Å². The average molecular weight is 269 g/mol. The first-order chi connectivity index (χ1) is 9.38. The Kier molecular flexibility index (Phi) is 3.74. The van der Waals surface area contributed by atoms with Crippen LogP contribution in [0.1, 0.15) is 32.6 Å². The van der Waals surface area contributed by atoms with Crippen LogP contribution >= 0.6 is 0 Å². The molecule has 2 rings (SSSR count). The second-order valence-electron chi connectivity index (χ2n) is 5.15. The van der Waals surface area contributed by atoms with Gasteiger partial charge in [0.1, 0.15) is 5.82 Å². The van der Waals surface area contributed by atoms with Crippen LogP contribution in [0.15, 0.2) is 24.4 Å². The maximum Gasteiger partial charge on any atom is 0.257 e. The van der Waals surface area contributed by atoms with Gasteiger partial charge in [0, 0.05) is 5.56 Å². The molecule has 0 saturated carbocycles. The molecule has 1 aromatic carbocycles. The molecule has 1 amide bonds. The molecule has 0 bridgehead atoms. The maximum absolute atomic E-state index is 12.4. The van der Waals surface area contributed by atoms with Crippen LogP contribution in [0.2, 0.25) is 0 Å². The minimum Gasteiger partial charge on any atom is -0.397 e. The summed E-state index contributed by atoms with van der Waals surface area (Å²) >= 11 is 0. The van der Waals surface area contributed by atoms with Crippen LogP contribution in [0.4, 0.5) is 11.5 Å². The molecule has 0 saturated heterocycles. The zero-order valence-electron chi connectivity index (χ0n) is 12.2. The third-order valence-corrected chi connectivity index (χ3v) is 3.30. The van der Waals surface area contributed by atoms with Crippen molar-refractivity contribution in [2.24, 2.45) is 0 Å². The predicted octanol–water partition coefficient (Wildman–Crippen LogP) is 3.15. The van der Waals surface area contributed by atoms with Gasteiger partial charge < -0.3 is 11.1 Å². The first-order valence-corrected chi connectivity index (χ1v) is 6.50. The molecule has 20 heavy (non-hydrogen) atoms. The molecule has 0 aliphatic heterocycles. The lowest BCUT2D eigenvalue weighted by Crippen LogP contribution is -2.16. The van der Waals surface area contributed by atoms with Crippen LogP contribution in [0.3, 0.4) is 0 Å². The van der Waals surface area contributed by atoms with Gasteiger partial charge in [0.2, 0.25) is 0 Å².